The highest BCUT2D eigenvalue weighted by molar-refractivity contribution is 7.10. The standard InChI is InChI=1S/C20H24N2O3S/c1-25-14-16-6-2-5-15(11-16)13-21-20(24)18-8-3-9-22(18)19(23)12-17-7-4-10-26-17/h2,4-7,10-11,18H,3,8-9,12-14H2,1H3,(H,21,24). The lowest BCUT2D eigenvalue weighted by Gasteiger charge is -2.24. The van der Waals surface area contributed by atoms with E-state index in [2.05, 4.69) is 5.32 Å². The molecule has 1 aromatic carbocycles. The average molecular weight is 372 g/mol. The van der Waals surface area contributed by atoms with Crippen LogP contribution in [0.3, 0.4) is 0 Å². The van der Waals surface area contributed by atoms with Crippen molar-refractivity contribution in [2.45, 2.75) is 38.5 Å². The number of nitrogens with one attached hydrogen (secondary N) is 1. The maximum atomic E-state index is 12.6. The first-order chi connectivity index (χ1) is 12.7. The van der Waals surface area contributed by atoms with Gasteiger partial charge in [0.25, 0.3) is 0 Å². The van der Waals surface area contributed by atoms with Crippen LogP contribution in [0.2, 0.25) is 0 Å². The Bertz CT molecular complexity index is 745. The third-order valence-corrected chi connectivity index (χ3v) is 5.43. The van der Waals surface area contributed by atoms with Crippen molar-refractivity contribution in [1.29, 1.82) is 0 Å². The molecule has 1 saturated heterocycles. The van der Waals surface area contributed by atoms with Crippen LogP contribution in [0.1, 0.15) is 28.8 Å². The van der Waals surface area contributed by atoms with Crippen LogP contribution < -0.4 is 5.32 Å². The summed E-state index contributed by atoms with van der Waals surface area (Å²) in [7, 11) is 1.66. The van der Waals surface area contributed by atoms with Gasteiger partial charge in [-0.1, -0.05) is 30.3 Å². The van der Waals surface area contributed by atoms with Crippen LogP contribution in [-0.2, 0) is 33.9 Å². The Morgan fingerprint density at radius 3 is 2.88 bits per heavy atom. The lowest BCUT2D eigenvalue weighted by atomic mass is 10.1. The molecule has 1 aliphatic rings. The highest BCUT2D eigenvalue weighted by Gasteiger charge is 2.33. The van der Waals surface area contributed by atoms with Gasteiger partial charge in [-0.3, -0.25) is 9.59 Å². The van der Waals surface area contributed by atoms with E-state index in [0.29, 0.717) is 26.1 Å². The minimum Gasteiger partial charge on any atom is -0.380 e. The Hall–Kier alpha value is -2.18. The molecular weight excluding hydrogens is 348 g/mol. The molecule has 1 aromatic heterocycles. The molecule has 2 amide bonds. The van der Waals surface area contributed by atoms with Gasteiger partial charge in [0.1, 0.15) is 6.04 Å². The summed E-state index contributed by atoms with van der Waals surface area (Å²) < 4.78 is 5.14. The molecule has 0 bridgehead atoms. The van der Waals surface area contributed by atoms with E-state index in [0.717, 1.165) is 28.8 Å². The first-order valence-electron chi connectivity index (χ1n) is 8.83. The van der Waals surface area contributed by atoms with E-state index in [-0.39, 0.29) is 17.9 Å². The number of likely N-dealkylation sites (tertiary alicyclic amines) is 1. The molecule has 2 heterocycles. The Morgan fingerprint density at radius 1 is 1.27 bits per heavy atom. The molecule has 3 rings (SSSR count). The van der Waals surface area contributed by atoms with E-state index >= 15 is 0 Å². The van der Waals surface area contributed by atoms with Crippen LogP contribution in [-0.4, -0.2) is 36.4 Å². The van der Waals surface area contributed by atoms with Crippen molar-refractivity contribution in [3.63, 3.8) is 0 Å². The Balaban J connectivity index is 1.56. The van der Waals surface area contributed by atoms with Crippen molar-refractivity contribution in [3.05, 3.63) is 57.8 Å². The first-order valence-corrected chi connectivity index (χ1v) is 9.71. The van der Waals surface area contributed by atoms with Gasteiger partial charge in [0.05, 0.1) is 13.0 Å². The maximum Gasteiger partial charge on any atom is 0.243 e. The van der Waals surface area contributed by atoms with Crippen molar-refractivity contribution >= 4 is 23.2 Å². The van der Waals surface area contributed by atoms with Crippen LogP contribution in [0.5, 0.6) is 0 Å². The van der Waals surface area contributed by atoms with Crippen LogP contribution in [0, 0.1) is 0 Å². The summed E-state index contributed by atoms with van der Waals surface area (Å²) in [6.45, 7) is 1.67. The SMILES string of the molecule is COCc1cccc(CNC(=O)C2CCCN2C(=O)Cc2cccs2)c1. The zero-order valence-corrected chi connectivity index (χ0v) is 15.8. The van der Waals surface area contributed by atoms with E-state index in [9.17, 15) is 9.59 Å². The Labute approximate surface area is 158 Å². The quantitative estimate of drug-likeness (QED) is 0.813. The first kappa shape index (κ1) is 18.6. The number of amides is 2. The zero-order valence-electron chi connectivity index (χ0n) is 14.9. The molecule has 0 aliphatic carbocycles. The normalized spacial score (nSPS) is 16.7. The Morgan fingerprint density at radius 2 is 2.12 bits per heavy atom. The van der Waals surface area contributed by atoms with Gasteiger partial charge in [-0.2, -0.15) is 0 Å². The molecule has 26 heavy (non-hydrogen) atoms. The number of benzene rings is 1. The predicted octanol–water partition coefficient (Wildman–Crippen LogP) is 2.74. The fraction of sp³-hybridized carbons (Fsp3) is 0.400. The molecule has 1 atom stereocenters. The van der Waals surface area contributed by atoms with Gasteiger partial charge in [0, 0.05) is 25.1 Å². The fourth-order valence-corrected chi connectivity index (χ4v) is 4.00. The van der Waals surface area contributed by atoms with Gasteiger partial charge >= 0.3 is 0 Å². The van der Waals surface area contributed by atoms with Gasteiger partial charge in [-0.25, -0.2) is 0 Å². The van der Waals surface area contributed by atoms with E-state index in [4.69, 9.17) is 4.74 Å². The second-order valence-electron chi connectivity index (χ2n) is 6.47. The number of nitrogens with zero attached hydrogens (tertiary/aromatic N) is 1. The topological polar surface area (TPSA) is 58.6 Å². The highest BCUT2D eigenvalue weighted by Crippen LogP contribution is 2.20. The van der Waals surface area contributed by atoms with Crippen molar-refractivity contribution < 1.29 is 14.3 Å². The Kier molecular flexibility index (Phi) is 6.41. The second kappa shape index (κ2) is 8.96. The molecular formula is C20H24N2O3S. The number of carbonyl (C=O) groups is 2. The number of rotatable bonds is 7. The number of hydrogen-bond acceptors (Lipinski definition) is 4. The van der Waals surface area contributed by atoms with Gasteiger partial charge in [0.2, 0.25) is 11.8 Å². The van der Waals surface area contributed by atoms with Gasteiger partial charge < -0.3 is 15.0 Å². The third-order valence-electron chi connectivity index (χ3n) is 4.55. The maximum absolute atomic E-state index is 12.6. The second-order valence-corrected chi connectivity index (χ2v) is 7.50. The minimum absolute atomic E-state index is 0.0344. The number of thiophene rings is 1. The smallest absolute Gasteiger partial charge is 0.243 e. The number of hydrogen-bond donors (Lipinski definition) is 1. The minimum atomic E-state index is -0.357. The molecule has 6 heteroatoms. The van der Waals surface area contributed by atoms with Crippen molar-refractivity contribution in [2.75, 3.05) is 13.7 Å². The summed E-state index contributed by atoms with van der Waals surface area (Å²) in [5, 5.41) is 4.95. The van der Waals surface area contributed by atoms with Crippen molar-refractivity contribution in [1.82, 2.24) is 10.2 Å². The molecule has 2 aromatic rings. The van der Waals surface area contributed by atoms with Crippen molar-refractivity contribution in [3.8, 4) is 0 Å². The van der Waals surface area contributed by atoms with Gasteiger partial charge in [-0.05, 0) is 35.4 Å². The average Bonchev–Trinajstić information content (AvgIpc) is 3.32. The van der Waals surface area contributed by atoms with E-state index in [1.807, 2.05) is 41.8 Å². The van der Waals surface area contributed by atoms with Crippen LogP contribution >= 0.6 is 11.3 Å². The zero-order chi connectivity index (χ0) is 18.4. The molecule has 5 nitrogen and oxygen atoms in total. The lowest BCUT2D eigenvalue weighted by molar-refractivity contribution is -0.138. The lowest BCUT2D eigenvalue weighted by Crippen LogP contribution is -2.46. The van der Waals surface area contributed by atoms with Crippen molar-refractivity contribution in [2.24, 2.45) is 0 Å². The fourth-order valence-electron chi connectivity index (χ4n) is 3.30. The molecule has 0 spiro atoms. The number of methoxy groups -OCH3 is 1. The van der Waals surface area contributed by atoms with Crippen LogP contribution in [0.25, 0.3) is 0 Å². The summed E-state index contributed by atoms with van der Waals surface area (Å²) in [5.41, 5.74) is 2.11. The third kappa shape index (κ3) is 4.71. The summed E-state index contributed by atoms with van der Waals surface area (Å²) >= 11 is 1.57. The van der Waals surface area contributed by atoms with Crippen LogP contribution in [0.4, 0.5) is 0 Å². The predicted molar refractivity (Wildman–Crippen MR) is 102 cm³/mol. The molecule has 1 aliphatic heterocycles. The molecule has 138 valence electrons. The van der Waals surface area contributed by atoms with Gasteiger partial charge in [0.15, 0.2) is 0 Å². The summed E-state index contributed by atoms with van der Waals surface area (Å²) in [6.07, 6.45) is 1.98. The van der Waals surface area contributed by atoms with Crippen LogP contribution in [0.15, 0.2) is 41.8 Å². The monoisotopic (exact) mass is 372 g/mol. The molecule has 0 radical (unpaired) electrons. The van der Waals surface area contributed by atoms with E-state index < -0.39 is 0 Å². The number of carbonyl (C=O) groups excluding carboxylic acids is 2. The summed E-state index contributed by atoms with van der Waals surface area (Å²) in [5.74, 6) is -0.0358. The molecule has 1 N–H and O–H groups in total. The highest BCUT2D eigenvalue weighted by atomic mass is 32.1. The van der Waals surface area contributed by atoms with E-state index in [1.54, 1.807) is 23.3 Å². The molecule has 0 saturated carbocycles. The summed E-state index contributed by atoms with van der Waals surface area (Å²) in [6, 6.07) is 11.5. The molecule has 1 unspecified atom stereocenters. The van der Waals surface area contributed by atoms with Gasteiger partial charge in [-0.15, -0.1) is 11.3 Å². The summed E-state index contributed by atoms with van der Waals surface area (Å²) in [4.78, 5) is 27.9. The number of ether oxygens (including phenoxy) is 1. The molecule has 1 fully saturated rings. The largest absolute Gasteiger partial charge is 0.380 e. The van der Waals surface area contributed by atoms with E-state index in [1.165, 1.54) is 0 Å².